The third-order valence-electron chi connectivity index (χ3n) is 3.76. The number of benzene rings is 1. The Morgan fingerprint density at radius 2 is 1.86 bits per heavy atom. The van der Waals surface area contributed by atoms with Crippen LogP contribution in [0.3, 0.4) is 0 Å². The molecule has 2 rings (SSSR count). The molecule has 21 heavy (non-hydrogen) atoms. The van der Waals surface area contributed by atoms with Crippen molar-refractivity contribution in [2.75, 3.05) is 7.05 Å². The number of quaternary nitrogens is 1. The molecule has 1 N–H and O–H groups in total. The van der Waals surface area contributed by atoms with E-state index in [0.717, 1.165) is 17.7 Å². The summed E-state index contributed by atoms with van der Waals surface area (Å²) in [6, 6.07) is 10.5. The highest BCUT2D eigenvalue weighted by Crippen LogP contribution is 2.22. The van der Waals surface area contributed by atoms with E-state index in [1.54, 1.807) is 0 Å². The Balaban J connectivity index is 1.70. The summed E-state index contributed by atoms with van der Waals surface area (Å²) < 4.78 is 11.3. The van der Waals surface area contributed by atoms with Crippen LogP contribution in [0.2, 0.25) is 0 Å². The van der Waals surface area contributed by atoms with Crippen molar-refractivity contribution >= 4 is 6.09 Å². The number of ether oxygens (including phenoxy) is 2. The monoisotopic (exact) mass is 292 g/mol. The normalized spacial score (nSPS) is 23.2. The summed E-state index contributed by atoms with van der Waals surface area (Å²) in [6.45, 7) is 6.32. The zero-order chi connectivity index (χ0) is 15.5. The van der Waals surface area contributed by atoms with Gasteiger partial charge < -0.3 is 9.47 Å². The van der Waals surface area contributed by atoms with Gasteiger partial charge in [-0.25, -0.2) is 4.90 Å². The maximum atomic E-state index is 12.0. The van der Waals surface area contributed by atoms with Crippen LogP contribution in [0, 0.1) is 0 Å². The fraction of sp³-hybridized carbons (Fsp3) is 0.588. The molecule has 1 fully saturated rings. The number of hydrogen-bond acceptors (Lipinski definition) is 3. The molecule has 1 aromatic rings. The first kappa shape index (κ1) is 16.0. The van der Waals surface area contributed by atoms with E-state index in [2.05, 4.69) is 12.1 Å². The minimum absolute atomic E-state index is 0.172. The maximum absolute atomic E-state index is 12.0. The first-order valence-corrected chi connectivity index (χ1v) is 7.57. The first-order chi connectivity index (χ1) is 9.85. The van der Waals surface area contributed by atoms with Crippen LogP contribution in [0.4, 0.5) is 4.79 Å². The lowest BCUT2D eigenvalue weighted by Crippen LogP contribution is -3.17. The molecular weight excluding hydrogens is 266 g/mol. The van der Waals surface area contributed by atoms with Crippen LogP contribution in [0.15, 0.2) is 30.3 Å². The number of alkyl carbamates (subject to hydrolysis) is 2. The van der Waals surface area contributed by atoms with Crippen LogP contribution in [0.1, 0.15) is 39.2 Å². The first-order valence-electron chi connectivity index (χ1n) is 7.57. The summed E-state index contributed by atoms with van der Waals surface area (Å²) in [6.07, 6.45) is 1.91. The lowest BCUT2D eigenvalue weighted by atomic mass is 9.88. The molecule has 0 bridgehead atoms. The van der Waals surface area contributed by atoms with Crippen molar-refractivity contribution < 1.29 is 19.2 Å². The second-order valence-electron chi connectivity index (χ2n) is 6.77. The van der Waals surface area contributed by atoms with Crippen molar-refractivity contribution in [3.8, 4) is 0 Å². The number of nitrogens with one attached hydrogen (secondary N) is 1. The lowest BCUT2D eigenvalue weighted by molar-refractivity contribution is -0.840. The van der Waals surface area contributed by atoms with Gasteiger partial charge in [0.1, 0.15) is 11.6 Å². The van der Waals surface area contributed by atoms with Crippen LogP contribution in [0.25, 0.3) is 0 Å². The molecule has 4 nitrogen and oxygen atoms in total. The van der Waals surface area contributed by atoms with Crippen LogP contribution in [-0.4, -0.2) is 30.9 Å². The van der Waals surface area contributed by atoms with Gasteiger partial charge in [-0.3, -0.25) is 0 Å². The van der Waals surface area contributed by atoms with Gasteiger partial charge in [-0.15, -0.1) is 0 Å². The number of rotatable bonds is 4. The van der Waals surface area contributed by atoms with E-state index in [1.165, 1.54) is 5.56 Å². The Kier molecular flexibility index (Phi) is 5.01. The van der Waals surface area contributed by atoms with Crippen molar-refractivity contribution in [3.63, 3.8) is 0 Å². The minimum atomic E-state index is -0.425. The van der Waals surface area contributed by atoms with Crippen molar-refractivity contribution in [1.82, 2.24) is 0 Å². The highest BCUT2D eigenvalue weighted by molar-refractivity contribution is 5.57. The number of carbonyl (C=O) groups is 1. The molecule has 0 spiro atoms. The van der Waals surface area contributed by atoms with Gasteiger partial charge in [0.2, 0.25) is 0 Å². The SMILES string of the molecule is C[NH+](C(=O)OC(C)(C)C)C1CC(OCc2ccccc2)C1. The Morgan fingerprint density at radius 1 is 1.24 bits per heavy atom. The number of amides is 1. The van der Waals surface area contributed by atoms with Gasteiger partial charge in [-0.2, -0.15) is 4.79 Å². The van der Waals surface area contributed by atoms with Crippen molar-refractivity contribution in [3.05, 3.63) is 35.9 Å². The predicted molar refractivity (Wildman–Crippen MR) is 81.2 cm³/mol. The standard InChI is InChI=1S/C17H25NO3/c1-17(2,3)21-16(19)18(4)14-10-15(11-14)20-12-13-8-6-5-7-9-13/h5-9,14-15H,10-12H2,1-4H3/p+1. The Morgan fingerprint density at radius 3 is 2.43 bits per heavy atom. The van der Waals surface area contributed by atoms with E-state index in [4.69, 9.17) is 9.47 Å². The second kappa shape index (κ2) is 6.58. The molecule has 4 heteroatoms. The third-order valence-corrected chi connectivity index (χ3v) is 3.76. The molecule has 0 aliphatic heterocycles. The van der Waals surface area contributed by atoms with E-state index >= 15 is 0 Å². The topological polar surface area (TPSA) is 40.0 Å². The van der Waals surface area contributed by atoms with Gasteiger partial charge in [-0.05, 0) is 26.3 Å². The molecule has 1 amide bonds. The van der Waals surface area contributed by atoms with Crippen molar-refractivity contribution in [2.24, 2.45) is 0 Å². The van der Waals surface area contributed by atoms with Crippen molar-refractivity contribution in [2.45, 2.75) is 58.0 Å². The fourth-order valence-corrected chi connectivity index (χ4v) is 2.37. The zero-order valence-corrected chi connectivity index (χ0v) is 13.4. The molecule has 1 unspecified atom stereocenters. The van der Waals surface area contributed by atoms with Crippen LogP contribution >= 0.6 is 0 Å². The maximum Gasteiger partial charge on any atom is 0.514 e. The molecular formula is C17H26NO3+. The summed E-state index contributed by atoms with van der Waals surface area (Å²) in [5.74, 6) is 0. The smallest absolute Gasteiger partial charge is 0.414 e. The summed E-state index contributed by atoms with van der Waals surface area (Å²) >= 11 is 0. The molecule has 1 aromatic carbocycles. The van der Waals surface area contributed by atoms with Crippen LogP contribution in [-0.2, 0) is 16.1 Å². The fourth-order valence-electron chi connectivity index (χ4n) is 2.37. The summed E-state index contributed by atoms with van der Waals surface area (Å²) in [4.78, 5) is 12.8. The second-order valence-corrected chi connectivity index (χ2v) is 6.77. The van der Waals surface area contributed by atoms with E-state index in [1.807, 2.05) is 46.0 Å². The highest BCUT2D eigenvalue weighted by atomic mass is 16.6. The molecule has 1 aliphatic rings. The Bertz CT molecular complexity index is 461. The van der Waals surface area contributed by atoms with Crippen molar-refractivity contribution in [1.29, 1.82) is 0 Å². The molecule has 1 aliphatic carbocycles. The van der Waals surface area contributed by atoms with E-state index in [-0.39, 0.29) is 12.2 Å². The average Bonchev–Trinajstić information content (AvgIpc) is 2.35. The minimum Gasteiger partial charge on any atom is -0.414 e. The molecule has 0 saturated heterocycles. The molecule has 0 aromatic heterocycles. The zero-order valence-electron chi connectivity index (χ0n) is 13.4. The Hall–Kier alpha value is -1.39. The molecule has 1 saturated carbocycles. The highest BCUT2D eigenvalue weighted by Gasteiger charge is 2.40. The van der Waals surface area contributed by atoms with Gasteiger partial charge in [-0.1, -0.05) is 30.3 Å². The van der Waals surface area contributed by atoms with E-state index in [9.17, 15) is 4.79 Å². The number of hydrogen-bond donors (Lipinski definition) is 1. The van der Waals surface area contributed by atoms with E-state index < -0.39 is 5.60 Å². The quantitative estimate of drug-likeness (QED) is 0.924. The van der Waals surface area contributed by atoms with Crippen LogP contribution < -0.4 is 4.90 Å². The van der Waals surface area contributed by atoms with Gasteiger partial charge >= 0.3 is 6.09 Å². The van der Waals surface area contributed by atoms with Gasteiger partial charge in [0.15, 0.2) is 0 Å². The van der Waals surface area contributed by atoms with Crippen LogP contribution in [0.5, 0.6) is 0 Å². The summed E-state index contributed by atoms with van der Waals surface area (Å²) in [7, 11) is 1.88. The van der Waals surface area contributed by atoms with Gasteiger partial charge in [0.25, 0.3) is 0 Å². The Labute approximate surface area is 127 Å². The largest absolute Gasteiger partial charge is 0.514 e. The summed E-state index contributed by atoms with van der Waals surface area (Å²) in [5.41, 5.74) is 0.763. The van der Waals surface area contributed by atoms with E-state index in [0.29, 0.717) is 12.6 Å². The molecule has 0 heterocycles. The molecule has 116 valence electrons. The lowest BCUT2D eigenvalue weighted by Gasteiger charge is -2.37. The number of carbonyl (C=O) groups excluding carboxylic acids is 1. The average molecular weight is 292 g/mol. The molecule has 1 atom stereocenters. The predicted octanol–water partition coefficient (Wildman–Crippen LogP) is 2.18. The van der Waals surface area contributed by atoms with Gasteiger partial charge in [0.05, 0.1) is 19.8 Å². The molecule has 0 radical (unpaired) electrons. The van der Waals surface area contributed by atoms with Gasteiger partial charge in [0, 0.05) is 12.8 Å². The third kappa shape index (κ3) is 4.83. The summed E-state index contributed by atoms with van der Waals surface area (Å²) in [5, 5.41) is 0.